The van der Waals surface area contributed by atoms with Crippen molar-refractivity contribution in [1.82, 2.24) is 4.72 Å². The van der Waals surface area contributed by atoms with Gasteiger partial charge in [-0.2, -0.15) is 0 Å². The van der Waals surface area contributed by atoms with Crippen LogP contribution in [0.2, 0.25) is 0 Å². The molecule has 1 aromatic carbocycles. The molecule has 0 amide bonds. The topological polar surface area (TPSA) is 119 Å². The number of sulfonamides is 1. The Morgan fingerprint density at radius 2 is 2.10 bits per heavy atom. The van der Waals surface area contributed by atoms with E-state index in [1.54, 1.807) is 0 Å². The molecule has 0 aromatic heterocycles. The fourth-order valence-electron chi connectivity index (χ4n) is 1.50. The zero-order valence-corrected chi connectivity index (χ0v) is 12.1. The molecular weight excluding hydrogens is 284 g/mol. The van der Waals surface area contributed by atoms with E-state index in [2.05, 4.69) is 4.72 Å². The number of rotatable bonds is 7. The minimum Gasteiger partial charge on any atom is -0.478 e. The highest BCUT2D eigenvalue weighted by Gasteiger charge is 2.22. The number of carbonyl (C=O) groups is 1. The molecule has 0 heterocycles. The number of nitrogens with two attached hydrogens (primary N) is 1. The molecule has 7 nitrogen and oxygen atoms in total. The van der Waals surface area contributed by atoms with E-state index >= 15 is 0 Å². The first-order chi connectivity index (χ1) is 9.24. The SMILES string of the molecule is CC(C)OCCNS(=O)(=O)c1ccc(N)cc1C(=O)O. The molecule has 0 saturated carbocycles. The van der Waals surface area contributed by atoms with E-state index in [0.29, 0.717) is 0 Å². The number of aromatic carboxylic acids is 1. The summed E-state index contributed by atoms with van der Waals surface area (Å²) in [4.78, 5) is 10.8. The van der Waals surface area contributed by atoms with Gasteiger partial charge in [-0.15, -0.1) is 0 Å². The molecule has 0 saturated heterocycles. The van der Waals surface area contributed by atoms with Gasteiger partial charge >= 0.3 is 5.97 Å². The van der Waals surface area contributed by atoms with Crippen LogP contribution in [-0.4, -0.2) is 38.7 Å². The van der Waals surface area contributed by atoms with Crippen LogP contribution in [0, 0.1) is 0 Å². The summed E-state index contributed by atoms with van der Waals surface area (Å²) >= 11 is 0. The lowest BCUT2D eigenvalue weighted by atomic mass is 10.2. The quantitative estimate of drug-likeness (QED) is 0.503. The minimum absolute atomic E-state index is 0.00870. The molecule has 1 aromatic rings. The van der Waals surface area contributed by atoms with Gasteiger partial charge in [-0.25, -0.2) is 17.9 Å². The molecule has 0 bridgehead atoms. The summed E-state index contributed by atoms with van der Waals surface area (Å²) in [6.45, 7) is 3.92. The molecule has 8 heteroatoms. The molecule has 0 atom stereocenters. The molecule has 20 heavy (non-hydrogen) atoms. The summed E-state index contributed by atoms with van der Waals surface area (Å²) in [6, 6.07) is 3.62. The van der Waals surface area contributed by atoms with Gasteiger partial charge in [0.1, 0.15) is 0 Å². The second kappa shape index (κ2) is 6.69. The Morgan fingerprint density at radius 3 is 2.65 bits per heavy atom. The number of carboxylic acids is 1. The molecule has 0 fully saturated rings. The zero-order chi connectivity index (χ0) is 15.3. The predicted octanol–water partition coefficient (Wildman–Crippen LogP) is 0.670. The van der Waals surface area contributed by atoms with Crippen LogP contribution < -0.4 is 10.5 Å². The summed E-state index contributed by atoms with van der Waals surface area (Å²) in [6.07, 6.45) is -0.00870. The average Bonchev–Trinajstić information content (AvgIpc) is 2.34. The number of carboxylic acid groups (broad SMARTS) is 1. The van der Waals surface area contributed by atoms with Crippen molar-refractivity contribution in [3.05, 3.63) is 23.8 Å². The number of nitrogens with one attached hydrogen (secondary N) is 1. The Balaban J connectivity index is 2.90. The van der Waals surface area contributed by atoms with E-state index in [0.717, 1.165) is 6.07 Å². The summed E-state index contributed by atoms with van der Waals surface area (Å²) in [5.74, 6) is -1.35. The van der Waals surface area contributed by atoms with Crippen molar-refractivity contribution in [2.45, 2.75) is 24.8 Å². The number of anilines is 1. The molecular formula is C12H18N2O5S. The fourth-order valence-corrected chi connectivity index (χ4v) is 2.69. The van der Waals surface area contributed by atoms with Gasteiger partial charge in [0.25, 0.3) is 0 Å². The molecule has 0 aliphatic rings. The van der Waals surface area contributed by atoms with Gasteiger partial charge in [-0.05, 0) is 32.0 Å². The van der Waals surface area contributed by atoms with Crippen molar-refractivity contribution >= 4 is 21.7 Å². The Morgan fingerprint density at radius 1 is 1.45 bits per heavy atom. The highest BCUT2D eigenvalue weighted by Crippen LogP contribution is 2.18. The van der Waals surface area contributed by atoms with Gasteiger partial charge in [-0.3, -0.25) is 0 Å². The number of hydrogen-bond acceptors (Lipinski definition) is 5. The number of nitrogen functional groups attached to an aromatic ring is 1. The third-order valence-corrected chi connectivity index (χ3v) is 3.89. The van der Waals surface area contributed by atoms with Crippen LogP contribution >= 0.6 is 0 Å². The number of hydrogen-bond donors (Lipinski definition) is 3. The molecule has 0 aliphatic carbocycles. The van der Waals surface area contributed by atoms with Crippen molar-refractivity contribution in [2.24, 2.45) is 0 Å². The summed E-state index contributed by atoms with van der Waals surface area (Å²) in [7, 11) is -3.92. The molecule has 0 radical (unpaired) electrons. The van der Waals surface area contributed by atoms with Gasteiger partial charge in [0.15, 0.2) is 0 Å². The van der Waals surface area contributed by atoms with Gasteiger partial charge in [-0.1, -0.05) is 0 Å². The third kappa shape index (κ3) is 4.48. The highest BCUT2D eigenvalue weighted by atomic mass is 32.2. The van der Waals surface area contributed by atoms with Crippen molar-refractivity contribution in [3.63, 3.8) is 0 Å². The van der Waals surface area contributed by atoms with E-state index in [4.69, 9.17) is 15.6 Å². The maximum absolute atomic E-state index is 12.0. The highest BCUT2D eigenvalue weighted by molar-refractivity contribution is 7.89. The van der Waals surface area contributed by atoms with Gasteiger partial charge < -0.3 is 15.6 Å². The molecule has 112 valence electrons. The second-order valence-electron chi connectivity index (χ2n) is 4.38. The normalized spacial score (nSPS) is 11.8. The van der Waals surface area contributed by atoms with Crippen molar-refractivity contribution in [3.8, 4) is 0 Å². The number of ether oxygens (including phenoxy) is 1. The van der Waals surface area contributed by atoms with Crippen molar-refractivity contribution < 1.29 is 23.1 Å². The predicted molar refractivity (Wildman–Crippen MR) is 74.1 cm³/mol. The molecule has 1 rings (SSSR count). The largest absolute Gasteiger partial charge is 0.478 e. The minimum atomic E-state index is -3.92. The van der Waals surface area contributed by atoms with Gasteiger partial charge in [0, 0.05) is 12.2 Å². The first-order valence-electron chi connectivity index (χ1n) is 5.98. The molecule has 0 aliphatic heterocycles. The van der Waals surface area contributed by atoms with Crippen molar-refractivity contribution in [2.75, 3.05) is 18.9 Å². The maximum Gasteiger partial charge on any atom is 0.337 e. The summed E-state index contributed by atoms with van der Waals surface area (Å²) < 4.78 is 31.6. The monoisotopic (exact) mass is 302 g/mol. The Hall–Kier alpha value is -1.64. The summed E-state index contributed by atoms with van der Waals surface area (Å²) in [5, 5.41) is 9.03. The third-order valence-electron chi connectivity index (χ3n) is 2.37. The fraction of sp³-hybridized carbons (Fsp3) is 0.417. The average molecular weight is 302 g/mol. The first kappa shape index (κ1) is 16.4. The number of benzene rings is 1. The first-order valence-corrected chi connectivity index (χ1v) is 7.46. The van der Waals surface area contributed by atoms with Crippen LogP contribution in [0.3, 0.4) is 0 Å². The van der Waals surface area contributed by atoms with Crippen molar-refractivity contribution in [1.29, 1.82) is 0 Å². The smallest absolute Gasteiger partial charge is 0.337 e. The Bertz CT molecular complexity index is 584. The van der Waals surface area contributed by atoms with Gasteiger partial charge in [0.2, 0.25) is 10.0 Å². The van der Waals surface area contributed by atoms with Crippen LogP contribution in [0.5, 0.6) is 0 Å². The lowest BCUT2D eigenvalue weighted by Crippen LogP contribution is -2.29. The summed E-state index contributed by atoms with van der Waals surface area (Å²) in [5.41, 5.74) is 5.29. The second-order valence-corrected chi connectivity index (χ2v) is 6.11. The van der Waals surface area contributed by atoms with Crippen LogP contribution in [-0.2, 0) is 14.8 Å². The molecule has 0 spiro atoms. The van der Waals surface area contributed by atoms with E-state index in [9.17, 15) is 13.2 Å². The Labute approximate surface area is 117 Å². The van der Waals surface area contributed by atoms with Gasteiger partial charge in [0.05, 0.1) is 23.2 Å². The molecule has 4 N–H and O–H groups in total. The lowest BCUT2D eigenvalue weighted by Gasteiger charge is -2.11. The van der Waals surface area contributed by atoms with Crippen LogP contribution in [0.1, 0.15) is 24.2 Å². The van der Waals surface area contributed by atoms with Crippen LogP contribution in [0.15, 0.2) is 23.1 Å². The van der Waals surface area contributed by atoms with E-state index < -0.39 is 16.0 Å². The lowest BCUT2D eigenvalue weighted by molar-refractivity contribution is 0.0692. The molecule has 0 unspecified atom stereocenters. The zero-order valence-electron chi connectivity index (χ0n) is 11.3. The van der Waals surface area contributed by atoms with Crippen LogP contribution in [0.25, 0.3) is 0 Å². The van der Waals surface area contributed by atoms with Crippen LogP contribution in [0.4, 0.5) is 5.69 Å². The van der Waals surface area contributed by atoms with E-state index in [1.807, 2.05) is 13.8 Å². The van der Waals surface area contributed by atoms with E-state index in [-0.39, 0.29) is 35.4 Å². The maximum atomic E-state index is 12.0. The van der Waals surface area contributed by atoms with E-state index in [1.165, 1.54) is 12.1 Å². The Kier molecular flexibility index (Phi) is 5.49. The standard InChI is InChI=1S/C12H18N2O5S/c1-8(2)19-6-5-14-20(17,18)11-4-3-9(13)7-10(11)12(15)16/h3-4,7-8,14H,5-6,13H2,1-2H3,(H,15,16).